The van der Waals surface area contributed by atoms with Gasteiger partial charge in [0.05, 0.1) is 33.0 Å². The number of rotatable bonds is 21. The molecule has 0 unspecified atom stereocenters. The van der Waals surface area contributed by atoms with Crippen molar-refractivity contribution < 1.29 is 23.7 Å². The van der Waals surface area contributed by atoms with Crippen LogP contribution in [0.1, 0.15) is 63.9 Å². The molecule has 5 nitrogen and oxygen atoms in total. The van der Waals surface area contributed by atoms with E-state index in [0.29, 0.717) is 19.8 Å². The quantitative estimate of drug-likeness (QED) is 0.0896. The smallest absolute Gasteiger partial charge is 0.119 e. The van der Waals surface area contributed by atoms with Gasteiger partial charge in [-0.2, -0.15) is 0 Å². The van der Waals surface area contributed by atoms with Crippen LogP contribution in [0.25, 0.3) is 11.1 Å². The minimum absolute atomic E-state index is 0.616. The van der Waals surface area contributed by atoms with Crippen LogP contribution in [0.15, 0.2) is 97.1 Å². The molecule has 0 atom stereocenters. The number of hydrogen-bond donors (Lipinski definition) is 0. The molecule has 0 spiro atoms. The standard InChI is InChI=1S/C39H48O5/c1-3-4-7-27-40-36-19-13-33(14-20-36)34-15-21-37(22-16-34)41-28-8-5-6-9-29-42-38-23-25-39(26-24-38)44-31-10-30-43-35-17-11-32(2)12-18-35/h11-26H,3-10,27-31H2,1-2H3. The van der Waals surface area contributed by atoms with E-state index in [4.69, 9.17) is 23.7 Å². The van der Waals surface area contributed by atoms with Gasteiger partial charge in [0.15, 0.2) is 0 Å². The SMILES string of the molecule is CCCCCOc1ccc(-c2ccc(OCCCCCCOc3ccc(OCCCOc4ccc(C)cc4)cc3)cc2)cc1. The largest absolute Gasteiger partial charge is 0.494 e. The van der Waals surface area contributed by atoms with E-state index < -0.39 is 0 Å². The van der Waals surface area contributed by atoms with Gasteiger partial charge in [0.25, 0.3) is 0 Å². The van der Waals surface area contributed by atoms with Crippen LogP contribution in [0, 0.1) is 6.92 Å². The van der Waals surface area contributed by atoms with Crippen LogP contribution in [-0.4, -0.2) is 33.0 Å². The van der Waals surface area contributed by atoms with Crippen molar-refractivity contribution in [1.29, 1.82) is 0 Å². The van der Waals surface area contributed by atoms with Gasteiger partial charge in [-0.15, -0.1) is 0 Å². The first-order chi connectivity index (χ1) is 21.7. The van der Waals surface area contributed by atoms with E-state index >= 15 is 0 Å². The van der Waals surface area contributed by atoms with Crippen molar-refractivity contribution >= 4 is 0 Å². The van der Waals surface area contributed by atoms with Gasteiger partial charge in [-0.25, -0.2) is 0 Å². The Labute approximate surface area is 264 Å². The van der Waals surface area contributed by atoms with Gasteiger partial charge in [0, 0.05) is 6.42 Å². The summed E-state index contributed by atoms with van der Waals surface area (Å²) >= 11 is 0. The normalized spacial score (nSPS) is 10.8. The first kappa shape index (κ1) is 32.8. The van der Waals surface area contributed by atoms with Crippen LogP contribution in [0.5, 0.6) is 28.7 Å². The van der Waals surface area contributed by atoms with Gasteiger partial charge < -0.3 is 23.7 Å². The predicted molar refractivity (Wildman–Crippen MR) is 180 cm³/mol. The van der Waals surface area contributed by atoms with E-state index in [1.165, 1.54) is 29.5 Å². The Hall–Kier alpha value is -4.12. The van der Waals surface area contributed by atoms with Gasteiger partial charge >= 0.3 is 0 Å². The van der Waals surface area contributed by atoms with Crippen LogP contribution >= 0.6 is 0 Å². The summed E-state index contributed by atoms with van der Waals surface area (Å²) in [5, 5.41) is 0. The maximum atomic E-state index is 5.96. The maximum absolute atomic E-state index is 5.96. The molecule has 0 saturated carbocycles. The van der Waals surface area contributed by atoms with Gasteiger partial charge in [0.1, 0.15) is 28.7 Å². The average Bonchev–Trinajstić information content (AvgIpc) is 3.06. The zero-order valence-corrected chi connectivity index (χ0v) is 26.5. The van der Waals surface area contributed by atoms with Crippen LogP contribution in [0.3, 0.4) is 0 Å². The second-order valence-corrected chi connectivity index (χ2v) is 11.1. The van der Waals surface area contributed by atoms with Gasteiger partial charge in [-0.1, -0.05) is 61.7 Å². The lowest BCUT2D eigenvalue weighted by molar-refractivity contribution is 0.247. The monoisotopic (exact) mass is 596 g/mol. The zero-order chi connectivity index (χ0) is 30.7. The van der Waals surface area contributed by atoms with Crippen molar-refractivity contribution in [2.24, 2.45) is 0 Å². The Bertz CT molecular complexity index is 1300. The summed E-state index contributed by atoms with van der Waals surface area (Å²) in [4.78, 5) is 0. The lowest BCUT2D eigenvalue weighted by Crippen LogP contribution is -2.05. The molecule has 0 aromatic heterocycles. The van der Waals surface area contributed by atoms with Crippen LogP contribution in [0.2, 0.25) is 0 Å². The van der Waals surface area contributed by atoms with Crippen molar-refractivity contribution in [3.05, 3.63) is 103 Å². The van der Waals surface area contributed by atoms with E-state index in [-0.39, 0.29) is 0 Å². The molecule has 0 fully saturated rings. The molecule has 4 aromatic rings. The molecule has 0 bridgehead atoms. The van der Waals surface area contributed by atoms with Crippen molar-refractivity contribution in [3.63, 3.8) is 0 Å². The molecule has 0 amide bonds. The molecule has 0 saturated heterocycles. The number of hydrogen-bond acceptors (Lipinski definition) is 5. The molecule has 4 rings (SSSR count). The van der Waals surface area contributed by atoms with E-state index in [0.717, 1.165) is 80.5 Å². The third-order valence-corrected chi connectivity index (χ3v) is 7.31. The second-order valence-electron chi connectivity index (χ2n) is 11.1. The molecular weight excluding hydrogens is 548 g/mol. The van der Waals surface area contributed by atoms with E-state index in [9.17, 15) is 0 Å². The van der Waals surface area contributed by atoms with Crippen molar-refractivity contribution in [1.82, 2.24) is 0 Å². The molecule has 0 aliphatic carbocycles. The van der Waals surface area contributed by atoms with E-state index in [1.807, 2.05) is 36.4 Å². The van der Waals surface area contributed by atoms with E-state index in [1.54, 1.807) is 0 Å². The maximum Gasteiger partial charge on any atom is 0.119 e. The third kappa shape index (κ3) is 12.2. The first-order valence-corrected chi connectivity index (χ1v) is 16.2. The van der Waals surface area contributed by atoms with Crippen molar-refractivity contribution in [2.45, 2.75) is 65.2 Å². The molecular formula is C39H48O5. The number of unbranched alkanes of at least 4 members (excludes halogenated alkanes) is 5. The highest BCUT2D eigenvalue weighted by Crippen LogP contribution is 2.25. The number of benzene rings is 4. The van der Waals surface area contributed by atoms with Crippen LogP contribution < -0.4 is 23.7 Å². The summed E-state index contributed by atoms with van der Waals surface area (Å²) in [6.07, 6.45) is 8.64. The molecule has 0 heterocycles. The summed E-state index contributed by atoms with van der Waals surface area (Å²) in [6, 6.07) is 32.6. The van der Waals surface area contributed by atoms with Crippen LogP contribution in [0.4, 0.5) is 0 Å². The highest BCUT2D eigenvalue weighted by Gasteiger charge is 2.02. The van der Waals surface area contributed by atoms with Gasteiger partial charge in [0.2, 0.25) is 0 Å². The molecule has 44 heavy (non-hydrogen) atoms. The molecule has 0 N–H and O–H groups in total. The molecule has 0 aliphatic rings. The summed E-state index contributed by atoms with van der Waals surface area (Å²) < 4.78 is 29.3. The highest BCUT2D eigenvalue weighted by atomic mass is 16.5. The fourth-order valence-electron chi connectivity index (χ4n) is 4.67. The predicted octanol–water partition coefficient (Wildman–Crippen LogP) is 10.1. The molecule has 0 radical (unpaired) electrons. The van der Waals surface area contributed by atoms with Crippen LogP contribution in [-0.2, 0) is 0 Å². The van der Waals surface area contributed by atoms with Crippen molar-refractivity contribution in [2.75, 3.05) is 33.0 Å². The van der Waals surface area contributed by atoms with E-state index in [2.05, 4.69) is 74.5 Å². The number of ether oxygens (including phenoxy) is 5. The summed E-state index contributed by atoms with van der Waals surface area (Å²) in [5.74, 6) is 4.46. The Morgan fingerprint density at radius 1 is 0.341 bits per heavy atom. The third-order valence-electron chi connectivity index (χ3n) is 7.31. The minimum atomic E-state index is 0.616. The molecule has 0 aliphatic heterocycles. The molecule has 234 valence electrons. The molecule has 5 heteroatoms. The number of aryl methyl sites for hydroxylation is 1. The Morgan fingerprint density at radius 3 is 1.00 bits per heavy atom. The minimum Gasteiger partial charge on any atom is -0.494 e. The second kappa shape index (κ2) is 19.2. The summed E-state index contributed by atoms with van der Waals surface area (Å²) in [7, 11) is 0. The Morgan fingerprint density at radius 2 is 0.636 bits per heavy atom. The fourth-order valence-corrected chi connectivity index (χ4v) is 4.67. The lowest BCUT2D eigenvalue weighted by atomic mass is 10.1. The first-order valence-electron chi connectivity index (χ1n) is 16.2. The summed E-state index contributed by atoms with van der Waals surface area (Å²) in [6.45, 7) is 7.75. The van der Waals surface area contributed by atoms with Gasteiger partial charge in [-0.05, 0) is 111 Å². The molecule has 4 aromatic carbocycles. The zero-order valence-electron chi connectivity index (χ0n) is 26.5. The van der Waals surface area contributed by atoms with Gasteiger partial charge in [-0.3, -0.25) is 0 Å². The highest BCUT2D eigenvalue weighted by molar-refractivity contribution is 5.64. The summed E-state index contributed by atoms with van der Waals surface area (Å²) in [5.41, 5.74) is 3.59. The topological polar surface area (TPSA) is 46.2 Å². The lowest BCUT2D eigenvalue weighted by Gasteiger charge is -2.10. The Balaban J connectivity index is 1.00. The van der Waals surface area contributed by atoms with Crippen molar-refractivity contribution in [3.8, 4) is 39.9 Å². The Kier molecular flexibility index (Phi) is 14.3. The fraction of sp³-hybridized carbons (Fsp3) is 0.385. The average molecular weight is 597 g/mol.